The number of aromatic nitrogens is 3. The highest BCUT2D eigenvalue weighted by molar-refractivity contribution is 6.02. The molecule has 4 fully saturated rings. The maximum absolute atomic E-state index is 17.5. The molecule has 6 aliphatic heterocycles. The van der Waals surface area contributed by atoms with Gasteiger partial charge in [-0.1, -0.05) is 6.07 Å². The number of aryl methyl sites for hydroxylation is 1. The third kappa shape index (κ3) is 7.64. The number of carbonyl (C=O) groups is 2. The standard InChI is InChI=1S/C41H44F5N7O6/c1-39-17-25(42)19-52(20-39)35-29-18-47-33(32(44)34(29)48-36(49-35)58-22-40-8-3-10-53(40)11-4-9-40)28-16-26(59-38(55)51-12-14-56-23-41(45,46)21-51)15-24-6-7-30(43)27(31(24)28)5-2-13-57-37(54)50-39/h6-7,15-16,18,25H,2-5,8-14,17,19-23H2,1H3,(H,50,54). The van der Waals surface area contributed by atoms with E-state index in [1.54, 1.807) is 11.8 Å². The van der Waals surface area contributed by atoms with E-state index >= 15 is 13.2 Å². The number of fused-ring (bicyclic) bond motifs is 7. The molecule has 2 aromatic heterocycles. The van der Waals surface area contributed by atoms with Crippen molar-refractivity contribution in [3.63, 3.8) is 0 Å². The normalized spacial score (nSPS) is 24.4. The number of piperidine rings is 1. The first-order chi connectivity index (χ1) is 28.3. The second kappa shape index (κ2) is 15.2. The highest BCUT2D eigenvalue weighted by Gasteiger charge is 2.45. The summed E-state index contributed by atoms with van der Waals surface area (Å²) in [7, 11) is 0. The van der Waals surface area contributed by atoms with E-state index in [2.05, 4.69) is 20.2 Å². The number of hydrogen-bond acceptors (Lipinski definition) is 11. The molecule has 13 nitrogen and oxygen atoms in total. The van der Waals surface area contributed by atoms with Gasteiger partial charge in [-0.2, -0.15) is 9.97 Å². The van der Waals surface area contributed by atoms with Crippen LogP contribution in [-0.4, -0.2) is 126 Å². The molecule has 314 valence electrons. The van der Waals surface area contributed by atoms with Crippen molar-refractivity contribution in [2.24, 2.45) is 0 Å². The first kappa shape index (κ1) is 39.4. The van der Waals surface area contributed by atoms with Crippen molar-refractivity contribution >= 4 is 39.7 Å². The van der Waals surface area contributed by atoms with Crippen LogP contribution in [0.2, 0.25) is 0 Å². The fraction of sp³-hybridized carbons (Fsp3) is 0.537. The van der Waals surface area contributed by atoms with Gasteiger partial charge < -0.3 is 29.2 Å². The fourth-order valence-corrected chi connectivity index (χ4v) is 9.57. The number of ether oxygens (including phenoxy) is 4. The maximum Gasteiger partial charge on any atom is 0.415 e. The molecule has 18 heteroatoms. The van der Waals surface area contributed by atoms with Crippen molar-refractivity contribution in [2.75, 3.05) is 70.6 Å². The first-order valence-electron chi connectivity index (χ1n) is 20.0. The molecule has 2 unspecified atom stereocenters. The van der Waals surface area contributed by atoms with E-state index in [1.807, 2.05) is 0 Å². The van der Waals surface area contributed by atoms with Crippen LogP contribution in [0.3, 0.4) is 0 Å². The lowest BCUT2D eigenvalue weighted by atomic mass is 9.90. The van der Waals surface area contributed by atoms with Gasteiger partial charge in [0.1, 0.15) is 48.0 Å². The zero-order valence-corrected chi connectivity index (χ0v) is 32.5. The molecule has 8 heterocycles. The first-order valence-corrected chi connectivity index (χ1v) is 20.0. The Bertz CT molecular complexity index is 2310. The molecule has 0 spiro atoms. The Labute approximate surface area is 336 Å². The summed E-state index contributed by atoms with van der Waals surface area (Å²) in [5.74, 6) is -4.87. The van der Waals surface area contributed by atoms with E-state index in [0.717, 1.165) is 43.7 Å². The van der Waals surface area contributed by atoms with Crippen LogP contribution in [0.4, 0.5) is 37.4 Å². The summed E-state index contributed by atoms with van der Waals surface area (Å²) < 4.78 is 100. The SMILES string of the molecule is CC12CC(F)CN(C1)c1nc(OCC34CCCN3CCC4)nc3c(F)c(ncc13)-c1cc(OC(=O)N3CCOCC(F)(F)C3)cc3ccc(F)c(c13)CCCOC(=O)N2. The number of nitrogens with one attached hydrogen (secondary N) is 1. The summed E-state index contributed by atoms with van der Waals surface area (Å²) in [6.45, 7) is 1.58. The number of carbonyl (C=O) groups excluding carboxylic acids is 2. The van der Waals surface area contributed by atoms with Crippen LogP contribution in [0.15, 0.2) is 30.5 Å². The van der Waals surface area contributed by atoms with E-state index in [9.17, 15) is 18.4 Å². The van der Waals surface area contributed by atoms with Crippen LogP contribution in [0.25, 0.3) is 32.9 Å². The number of anilines is 1. The van der Waals surface area contributed by atoms with Gasteiger partial charge in [-0.15, -0.1) is 0 Å². The molecule has 2 amide bonds. The van der Waals surface area contributed by atoms with E-state index < -0.39 is 54.6 Å². The van der Waals surface area contributed by atoms with Gasteiger partial charge in [0.05, 0.1) is 42.8 Å². The van der Waals surface area contributed by atoms with Gasteiger partial charge in [0, 0.05) is 31.3 Å². The molecule has 59 heavy (non-hydrogen) atoms. The van der Waals surface area contributed by atoms with Gasteiger partial charge in [0.15, 0.2) is 5.82 Å². The highest BCUT2D eigenvalue weighted by atomic mass is 19.3. The minimum absolute atomic E-state index is 0.0233. The number of hydrogen-bond donors (Lipinski definition) is 1. The molecule has 6 bridgehead atoms. The van der Waals surface area contributed by atoms with Crippen LogP contribution < -0.4 is 19.7 Å². The van der Waals surface area contributed by atoms with Crippen molar-refractivity contribution in [1.29, 1.82) is 0 Å². The van der Waals surface area contributed by atoms with Gasteiger partial charge in [-0.3, -0.25) is 14.8 Å². The zero-order chi connectivity index (χ0) is 41.1. The van der Waals surface area contributed by atoms with Gasteiger partial charge >= 0.3 is 18.2 Å². The number of rotatable bonds is 4. The van der Waals surface area contributed by atoms with Gasteiger partial charge in [-0.25, -0.2) is 31.5 Å². The number of halogens is 5. The monoisotopic (exact) mass is 825 g/mol. The molecule has 2 aromatic carbocycles. The summed E-state index contributed by atoms with van der Waals surface area (Å²) >= 11 is 0. The Morgan fingerprint density at radius 1 is 1.05 bits per heavy atom. The molecule has 0 aliphatic carbocycles. The highest BCUT2D eigenvalue weighted by Crippen LogP contribution is 2.42. The number of alkyl carbamates (subject to hydrolysis) is 1. The molecular formula is C41H44F5N7O6. The Balaban J connectivity index is 1.20. The second-order valence-electron chi connectivity index (χ2n) is 16.6. The van der Waals surface area contributed by atoms with Crippen LogP contribution in [-0.2, 0) is 15.9 Å². The van der Waals surface area contributed by atoms with Gasteiger partial charge in [0.2, 0.25) is 0 Å². The fourth-order valence-electron chi connectivity index (χ4n) is 9.57. The predicted molar refractivity (Wildman–Crippen MR) is 205 cm³/mol. The quantitative estimate of drug-likeness (QED) is 0.224. The minimum atomic E-state index is -3.31. The molecule has 2 atom stereocenters. The number of amides is 2. The molecule has 6 aliphatic rings. The Kier molecular flexibility index (Phi) is 10.1. The van der Waals surface area contributed by atoms with Crippen LogP contribution in [0, 0.1) is 11.6 Å². The van der Waals surface area contributed by atoms with Crippen molar-refractivity contribution in [3.8, 4) is 23.0 Å². The average molecular weight is 826 g/mol. The zero-order valence-electron chi connectivity index (χ0n) is 32.5. The van der Waals surface area contributed by atoms with Gasteiger partial charge in [0.25, 0.3) is 5.92 Å². The van der Waals surface area contributed by atoms with E-state index in [4.69, 9.17) is 23.9 Å². The van der Waals surface area contributed by atoms with Crippen molar-refractivity contribution in [3.05, 3.63) is 47.7 Å². The second-order valence-corrected chi connectivity index (χ2v) is 16.6. The summed E-state index contributed by atoms with van der Waals surface area (Å²) in [5, 5.41) is 3.50. The Morgan fingerprint density at radius 3 is 2.68 bits per heavy atom. The predicted octanol–water partition coefficient (Wildman–Crippen LogP) is 6.58. The number of pyridine rings is 1. The Morgan fingerprint density at radius 2 is 1.86 bits per heavy atom. The molecular weight excluding hydrogens is 781 g/mol. The lowest BCUT2D eigenvalue weighted by Crippen LogP contribution is -2.60. The summed E-state index contributed by atoms with van der Waals surface area (Å²) in [6, 6.07) is 5.24. The summed E-state index contributed by atoms with van der Waals surface area (Å²) in [5.41, 5.74) is -1.65. The number of benzene rings is 2. The minimum Gasteiger partial charge on any atom is -0.461 e. The van der Waals surface area contributed by atoms with Crippen molar-refractivity contribution in [1.82, 2.24) is 30.1 Å². The van der Waals surface area contributed by atoms with Crippen LogP contribution >= 0.6 is 0 Å². The topological polar surface area (TPSA) is 131 Å². The average Bonchev–Trinajstić information content (AvgIpc) is 3.71. The summed E-state index contributed by atoms with van der Waals surface area (Å²) in [6.07, 6.45) is 2.09. The molecule has 4 aromatic rings. The summed E-state index contributed by atoms with van der Waals surface area (Å²) in [4.78, 5) is 45.2. The number of alkyl halides is 3. The third-order valence-electron chi connectivity index (χ3n) is 12.2. The van der Waals surface area contributed by atoms with E-state index in [0.29, 0.717) is 5.39 Å². The smallest absolute Gasteiger partial charge is 0.415 e. The van der Waals surface area contributed by atoms with Crippen molar-refractivity contribution in [2.45, 2.75) is 75.0 Å². The van der Waals surface area contributed by atoms with Gasteiger partial charge in [-0.05, 0) is 93.1 Å². The molecule has 0 saturated carbocycles. The molecule has 4 saturated heterocycles. The molecule has 0 radical (unpaired) electrons. The van der Waals surface area contributed by atoms with Crippen LogP contribution in [0.5, 0.6) is 11.8 Å². The van der Waals surface area contributed by atoms with Crippen molar-refractivity contribution < 1.29 is 50.5 Å². The lowest BCUT2D eigenvalue weighted by Gasteiger charge is -2.42. The maximum atomic E-state index is 17.5. The van der Waals surface area contributed by atoms with E-state index in [1.165, 1.54) is 30.5 Å². The largest absolute Gasteiger partial charge is 0.461 e. The third-order valence-corrected chi connectivity index (χ3v) is 12.2. The molecule has 1 N–H and O–H groups in total. The lowest BCUT2D eigenvalue weighted by molar-refractivity contribution is -0.0662. The van der Waals surface area contributed by atoms with E-state index in [-0.39, 0.29) is 115 Å². The van der Waals surface area contributed by atoms with Crippen LogP contribution in [0.1, 0.15) is 51.0 Å². The molecule has 10 rings (SSSR count). The number of nitrogens with zero attached hydrogens (tertiary/aromatic N) is 6. The Hall–Kier alpha value is -5.10.